The molecule has 1 unspecified atom stereocenters. The second-order valence-corrected chi connectivity index (χ2v) is 8.35. The molecule has 1 amide bonds. The van der Waals surface area contributed by atoms with Gasteiger partial charge in [-0.15, -0.1) is 0 Å². The van der Waals surface area contributed by atoms with Crippen molar-refractivity contribution in [3.8, 4) is 22.5 Å². The molecule has 0 saturated heterocycles. The fourth-order valence-electron chi connectivity index (χ4n) is 3.73. The number of nitrogens with zero attached hydrogens (tertiary/aromatic N) is 1. The van der Waals surface area contributed by atoms with E-state index in [1.54, 1.807) is 6.92 Å². The number of carbonyl (C=O) groups is 2. The van der Waals surface area contributed by atoms with Crippen LogP contribution in [-0.4, -0.2) is 28.9 Å². The highest BCUT2D eigenvalue weighted by molar-refractivity contribution is 5.91. The van der Waals surface area contributed by atoms with Crippen molar-refractivity contribution in [2.75, 3.05) is 11.9 Å². The number of aromatic nitrogens is 1. The lowest BCUT2D eigenvalue weighted by atomic mass is 10.0. The van der Waals surface area contributed by atoms with Gasteiger partial charge in [0.15, 0.2) is 5.76 Å². The summed E-state index contributed by atoms with van der Waals surface area (Å²) in [6.45, 7) is 4.00. The van der Waals surface area contributed by atoms with Crippen LogP contribution in [0.15, 0.2) is 83.4 Å². The second kappa shape index (κ2) is 10.7. The number of nitrogens with one attached hydrogen (secondary N) is 1. The van der Waals surface area contributed by atoms with E-state index in [0.29, 0.717) is 17.1 Å². The van der Waals surface area contributed by atoms with Gasteiger partial charge in [-0.1, -0.05) is 90.9 Å². The van der Waals surface area contributed by atoms with Crippen molar-refractivity contribution in [2.45, 2.75) is 26.2 Å². The maximum atomic E-state index is 12.5. The van der Waals surface area contributed by atoms with Gasteiger partial charge in [-0.2, -0.15) is 0 Å². The molecule has 4 rings (SSSR count). The van der Waals surface area contributed by atoms with E-state index in [1.165, 1.54) is 0 Å². The van der Waals surface area contributed by atoms with E-state index in [0.717, 1.165) is 27.8 Å². The number of ether oxygens (including phenoxy) is 1. The van der Waals surface area contributed by atoms with Crippen LogP contribution in [0.25, 0.3) is 22.5 Å². The second-order valence-electron chi connectivity index (χ2n) is 8.35. The number of anilines is 1. The minimum atomic E-state index is -0.858. The first-order valence-corrected chi connectivity index (χ1v) is 11.3. The van der Waals surface area contributed by atoms with E-state index >= 15 is 0 Å². The zero-order valence-electron chi connectivity index (χ0n) is 19.5. The Kier molecular flexibility index (Phi) is 7.26. The first-order valence-electron chi connectivity index (χ1n) is 11.3. The summed E-state index contributed by atoms with van der Waals surface area (Å²) >= 11 is 0. The van der Waals surface area contributed by atoms with Crippen LogP contribution in [0, 0.1) is 6.92 Å². The minimum absolute atomic E-state index is 0.00651. The smallest absolute Gasteiger partial charge is 0.411 e. The minimum Gasteiger partial charge on any atom is -0.481 e. The normalized spacial score (nSPS) is 11.6. The molecular weight excluding hydrogens is 444 g/mol. The van der Waals surface area contributed by atoms with E-state index in [9.17, 15) is 9.59 Å². The lowest BCUT2D eigenvalue weighted by molar-refractivity contribution is -0.136. The molecule has 0 spiro atoms. The quantitative estimate of drug-likeness (QED) is 0.313. The standard InChI is InChI=1S/C28H26N2O5/c1-18(21-6-4-3-5-7-21)17-34-28(33)29-26-19(2)30-35-27(26)24-14-12-23(13-15-24)22-10-8-20(9-11-22)16-25(31)32/h3-15,18H,16-17H2,1-2H3,(H,29,33)(H,31,32). The zero-order valence-corrected chi connectivity index (χ0v) is 19.5. The van der Waals surface area contributed by atoms with Crippen LogP contribution in [0.5, 0.6) is 0 Å². The average Bonchev–Trinajstić information content (AvgIpc) is 3.23. The van der Waals surface area contributed by atoms with Crippen molar-refractivity contribution < 1.29 is 24.0 Å². The molecule has 4 aromatic rings. The number of hydrogen-bond acceptors (Lipinski definition) is 5. The molecule has 2 N–H and O–H groups in total. The van der Waals surface area contributed by atoms with Crippen LogP contribution in [0.2, 0.25) is 0 Å². The number of aliphatic carboxylic acids is 1. The molecule has 7 nitrogen and oxygen atoms in total. The molecule has 178 valence electrons. The van der Waals surface area contributed by atoms with Gasteiger partial charge in [0.1, 0.15) is 11.4 Å². The van der Waals surface area contributed by atoms with Crippen LogP contribution in [0.3, 0.4) is 0 Å². The maximum absolute atomic E-state index is 12.5. The van der Waals surface area contributed by atoms with Crippen molar-refractivity contribution in [1.29, 1.82) is 0 Å². The Morgan fingerprint density at radius 3 is 2.17 bits per heavy atom. The number of carboxylic acid groups (broad SMARTS) is 1. The monoisotopic (exact) mass is 470 g/mol. The predicted molar refractivity (Wildman–Crippen MR) is 133 cm³/mol. The van der Waals surface area contributed by atoms with Gasteiger partial charge in [-0.25, -0.2) is 4.79 Å². The Labute approximate surface area is 203 Å². The molecule has 3 aromatic carbocycles. The largest absolute Gasteiger partial charge is 0.481 e. The van der Waals surface area contributed by atoms with Crippen LogP contribution < -0.4 is 5.32 Å². The Bertz CT molecular complexity index is 1300. The molecule has 35 heavy (non-hydrogen) atoms. The van der Waals surface area contributed by atoms with Crippen molar-refractivity contribution in [3.63, 3.8) is 0 Å². The lowest BCUT2D eigenvalue weighted by Crippen LogP contribution is -2.17. The zero-order chi connectivity index (χ0) is 24.8. The number of carboxylic acids is 1. The summed E-state index contributed by atoms with van der Waals surface area (Å²) in [4.78, 5) is 23.3. The molecule has 0 radical (unpaired) electrons. The fourth-order valence-corrected chi connectivity index (χ4v) is 3.73. The fraction of sp³-hybridized carbons (Fsp3) is 0.179. The third-order valence-electron chi connectivity index (χ3n) is 5.71. The van der Waals surface area contributed by atoms with Crippen molar-refractivity contribution in [2.24, 2.45) is 0 Å². The topological polar surface area (TPSA) is 102 Å². The lowest BCUT2D eigenvalue weighted by Gasteiger charge is -2.13. The van der Waals surface area contributed by atoms with Crippen LogP contribution in [0.4, 0.5) is 10.5 Å². The van der Waals surface area contributed by atoms with E-state index in [1.807, 2.05) is 85.8 Å². The summed E-state index contributed by atoms with van der Waals surface area (Å²) in [6.07, 6.45) is -0.577. The maximum Gasteiger partial charge on any atom is 0.411 e. The summed E-state index contributed by atoms with van der Waals surface area (Å²) in [5.74, 6) is -0.349. The average molecular weight is 471 g/mol. The number of carbonyl (C=O) groups excluding carboxylic acids is 1. The van der Waals surface area contributed by atoms with E-state index in [4.69, 9.17) is 14.4 Å². The molecule has 0 aliphatic rings. The van der Waals surface area contributed by atoms with Crippen LogP contribution in [-0.2, 0) is 16.0 Å². The third kappa shape index (κ3) is 5.95. The third-order valence-corrected chi connectivity index (χ3v) is 5.71. The highest BCUT2D eigenvalue weighted by Gasteiger charge is 2.19. The van der Waals surface area contributed by atoms with Gasteiger partial charge in [-0.05, 0) is 29.2 Å². The Hall–Kier alpha value is -4.39. The van der Waals surface area contributed by atoms with E-state index < -0.39 is 12.1 Å². The SMILES string of the molecule is Cc1noc(-c2ccc(-c3ccc(CC(=O)O)cc3)cc2)c1NC(=O)OCC(C)c1ccccc1. The molecule has 0 bridgehead atoms. The van der Waals surface area contributed by atoms with Crippen molar-refractivity contribution >= 4 is 17.7 Å². The van der Waals surface area contributed by atoms with Gasteiger partial charge in [0.2, 0.25) is 0 Å². The van der Waals surface area contributed by atoms with Crippen LogP contribution >= 0.6 is 0 Å². The number of aryl methyl sites for hydroxylation is 1. The first-order chi connectivity index (χ1) is 16.9. The summed E-state index contributed by atoms with van der Waals surface area (Å²) < 4.78 is 10.9. The Balaban J connectivity index is 1.43. The summed E-state index contributed by atoms with van der Waals surface area (Å²) in [5.41, 5.74) is 5.54. The number of rotatable bonds is 8. The van der Waals surface area contributed by atoms with Gasteiger partial charge in [-0.3, -0.25) is 10.1 Å². The van der Waals surface area contributed by atoms with E-state index in [-0.39, 0.29) is 18.9 Å². The van der Waals surface area contributed by atoms with Gasteiger partial charge in [0.25, 0.3) is 0 Å². The summed E-state index contributed by atoms with van der Waals surface area (Å²) in [5, 5.41) is 15.7. The Morgan fingerprint density at radius 2 is 1.54 bits per heavy atom. The molecule has 1 atom stereocenters. The van der Waals surface area contributed by atoms with Gasteiger partial charge < -0.3 is 14.4 Å². The Morgan fingerprint density at radius 1 is 0.943 bits per heavy atom. The molecule has 7 heteroatoms. The molecule has 1 aromatic heterocycles. The van der Waals surface area contributed by atoms with E-state index in [2.05, 4.69) is 10.5 Å². The molecule has 0 aliphatic carbocycles. The molecule has 0 fully saturated rings. The van der Waals surface area contributed by atoms with Crippen molar-refractivity contribution in [3.05, 3.63) is 95.7 Å². The number of hydrogen-bond donors (Lipinski definition) is 2. The summed E-state index contributed by atoms with van der Waals surface area (Å²) in [6, 6.07) is 24.9. The number of benzene rings is 3. The number of amides is 1. The highest BCUT2D eigenvalue weighted by atomic mass is 16.5. The molecular formula is C28H26N2O5. The van der Waals surface area contributed by atoms with Crippen LogP contribution in [0.1, 0.15) is 29.7 Å². The molecule has 0 saturated carbocycles. The van der Waals surface area contributed by atoms with Gasteiger partial charge in [0.05, 0.1) is 13.0 Å². The molecule has 1 heterocycles. The highest BCUT2D eigenvalue weighted by Crippen LogP contribution is 2.32. The first kappa shape index (κ1) is 23.8. The van der Waals surface area contributed by atoms with Crippen molar-refractivity contribution in [1.82, 2.24) is 5.16 Å². The predicted octanol–water partition coefficient (Wildman–Crippen LogP) is 6.30. The van der Waals surface area contributed by atoms with Gasteiger partial charge in [0, 0.05) is 11.5 Å². The summed E-state index contributed by atoms with van der Waals surface area (Å²) in [7, 11) is 0. The van der Waals surface area contributed by atoms with Gasteiger partial charge >= 0.3 is 12.1 Å². The molecule has 0 aliphatic heterocycles.